The van der Waals surface area contributed by atoms with Gasteiger partial charge in [0.25, 0.3) is 0 Å². The molecule has 0 aliphatic carbocycles. The fraction of sp³-hybridized carbons (Fsp3) is 0.462. The minimum atomic E-state index is -0.788. The van der Waals surface area contributed by atoms with Crippen LogP contribution in [0.1, 0.15) is 18.9 Å². The van der Waals surface area contributed by atoms with Crippen LogP contribution >= 0.6 is 0 Å². The van der Waals surface area contributed by atoms with E-state index in [1.807, 2.05) is 23.1 Å². The Morgan fingerprint density at radius 3 is 3.06 bits per heavy atom. The van der Waals surface area contributed by atoms with E-state index in [0.29, 0.717) is 0 Å². The summed E-state index contributed by atoms with van der Waals surface area (Å²) in [6, 6.07) is 5.89. The van der Waals surface area contributed by atoms with Crippen molar-refractivity contribution in [3.63, 3.8) is 0 Å². The van der Waals surface area contributed by atoms with Crippen LogP contribution in [0.5, 0.6) is 5.75 Å². The lowest BCUT2D eigenvalue weighted by atomic mass is 10.1. The molecule has 1 N–H and O–H groups in total. The lowest BCUT2D eigenvalue weighted by molar-refractivity contribution is -0.135. The van der Waals surface area contributed by atoms with Gasteiger partial charge in [-0.05, 0) is 36.6 Å². The molecule has 0 aromatic heterocycles. The number of ether oxygens (including phenoxy) is 1. The monoisotopic (exact) mass is 235 g/mol. The van der Waals surface area contributed by atoms with Crippen LogP contribution < -0.4 is 9.64 Å². The molecule has 1 aliphatic rings. The number of benzene rings is 1. The molecule has 4 nitrogen and oxygen atoms in total. The fourth-order valence-electron chi connectivity index (χ4n) is 2.08. The predicted octanol–water partition coefficient (Wildman–Crippen LogP) is 1.92. The molecule has 0 spiro atoms. The Hall–Kier alpha value is -1.71. The Balaban J connectivity index is 2.11. The van der Waals surface area contributed by atoms with Crippen molar-refractivity contribution in [2.75, 3.05) is 24.6 Å². The third-order valence-corrected chi connectivity index (χ3v) is 2.84. The van der Waals surface area contributed by atoms with Gasteiger partial charge in [-0.15, -0.1) is 0 Å². The molecule has 0 amide bonds. The normalized spacial score (nSPS) is 13.6. The van der Waals surface area contributed by atoms with Gasteiger partial charge < -0.3 is 14.7 Å². The molecule has 0 unspecified atom stereocenters. The van der Waals surface area contributed by atoms with Gasteiger partial charge in [0.2, 0.25) is 0 Å². The smallest absolute Gasteiger partial charge is 0.323 e. The van der Waals surface area contributed by atoms with Crippen molar-refractivity contribution in [1.82, 2.24) is 0 Å². The Morgan fingerprint density at radius 1 is 1.53 bits per heavy atom. The first-order valence-corrected chi connectivity index (χ1v) is 5.93. The summed E-state index contributed by atoms with van der Waals surface area (Å²) in [5.74, 6) is 0.0898. The summed E-state index contributed by atoms with van der Waals surface area (Å²) >= 11 is 0. The molecule has 1 heterocycles. The molecule has 1 aromatic carbocycles. The molecule has 0 saturated heterocycles. The van der Waals surface area contributed by atoms with Crippen molar-refractivity contribution < 1.29 is 14.6 Å². The number of anilines is 1. The molecular weight excluding hydrogens is 218 g/mol. The first kappa shape index (κ1) is 11.8. The van der Waals surface area contributed by atoms with Crippen LogP contribution in [0.4, 0.5) is 5.69 Å². The van der Waals surface area contributed by atoms with Gasteiger partial charge in [0.05, 0.1) is 6.61 Å². The van der Waals surface area contributed by atoms with Gasteiger partial charge in [-0.2, -0.15) is 0 Å². The summed E-state index contributed by atoms with van der Waals surface area (Å²) in [6.45, 7) is 3.64. The third kappa shape index (κ3) is 2.70. The summed E-state index contributed by atoms with van der Waals surface area (Å²) in [7, 11) is 0. The SMILES string of the molecule is CCCOc1ccc2c(c1)CCN2CC(=O)O. The van der Waals surface area contributed by atoms with Crippen LogP contribution in [0.3, 0.4) is 0 Å². The van der Waals surface area contributed by atoms with Crippen LogP contribution in [0.25, 0.3) is 0 Å². The van der Waals surface area contributed by atoms with Gasteiger partial charge in [0, 0.05) is 12.2 Å². The molecule has 92 valence electrons. The van der Waals surface area contributed by atoms with E-state index in [9.17, 15) is 4.79 Å². The van der Waals surface area contributed by atoms with Gasteiger partial charge in [-0.25, -0.2) is 0 Å². The highest BCUT2D eigenvalue weighted by molar-refractivity contribution is 5.75. The van der Waals surface area contributed by atoms with Gasteiger partial charge in [-0.3, -0.25) is 4.79 Å². The molecule has 0 saturated carbocycles. The molecule has 1 aliphatic heterocycles. The van der Waals surface area contributed by atoms with Gasteiger partial charge in [0.1, 0.15) is 12.3 Å². The van der Waals surface area contributed by atoms with Crippen LogP contribution in [0.2, 0.25) is 0 Å². The van der Waals surface area contributed by atoms with E-state index in [-0.39, 0.29) is 6.54 Å². The van der Waals surface area contributed by atoms with Crippen molar-refractivity contribution in [1.29, 1.82) is 0 Å². The zero-order valence-corrected chi connectivity index (χ0v) is 9.98. The van der Waals surface area contributed by atoms with E-state index in [1.165, 1.54) is 5.56 Å². The van der Waals surface area contributed by atoms with Crippen molar-refractivity contribution in [2.24, 2.45) is 0 Å². The quantitative estimate of drug-likeness (QED) is 0.847. The predicted molar refractivity (Wildman–Crippen MR) is 65.8 cm³/mol. The maximum Gasteiger partial charge on any atom is 0.323 e. The number of fused-ring (bicyclic) bond motifs is 1. The van der Waals surface area contributed by atoms with Gasteiger partial charge >= 0.3 is 5.97 Å². The van der Waals surface area contributed by atoms with Gasteiger partial charge in [-0.1, -0.05) is 6.92 Å². The number of rotatable bonds is 5. The van der Waals surface area contributed by atoms with Crippen molar-refractivity contribution in [3.05, 3.63) is 23.8 Å². The average molecular weight is 235 g/mol. The highest BCUT2D eigenvalue weighted by Crippen LogP contribution is 2.31. The van der Waals surface area contributed by atoms with E-state index in [1.54, 1.807) is 0 Å². The molecule has 1 aromatic rings. The first-order chi connectivity index (χ1) is 8.20. The van der Waals surface area contributed by atoms with Crippen molar-refractivity contribution in [3.8, 4) is 5.75 Å². The second kappa shape index (κ2) is 5.08. The van der Waals surface area contributed by atoms with E-state index in [2.05, 4.69) is 6.92 Å². The minimum Gasteiger partial charge on any atom is -0.494 e. The highest BCUT2D eigenvalue weighted by Gasteiger charge is 2.21. The van der Waals surface area contributed by atoms with E-state index < -0.39 is 5.97 Å². The number of aliphatic carboxylic acids is 1. The fourth-order valence-corrected chi connectivity index (χ4v) is 2.08. The minimum absolute atomic E-state index is 0.0716. The zero-order chi connectivity index (χ0) is 12.3. The topological polar surface area (TPSA) is 49.8 Å². The molecule has 2 rings (SSSR count). The Labute approximate surface area is 101 Å². The number of carboxylic acid groups (broad SMARTS) is 1. The summed E-state index contributed by atoms with van der Waals surface area (Å²) < 4.78 is 5.56. The first-order valence-electron chi connectivity index (χ1n) is 5.93. The van der Waals surface area contributed by atoms with E-state index in [0.717, 1.165) is 37.4 Å². The maximum absolute atomic E-state index is 10.7. The van der Waals surface area contributed by atoms with Crippen LogP contribution in [0, 0.1) is 0 Å². The van der Waals surface area contributed by atoms with Crippen molar-refractivity contribution in [2.45, 2.75) is 19.8 Å². The van der Waals surface area contributed by atoms with Crippen LogP contribution in [-0.2, 0) is 11.2 Å². The lowest BCUT2D eigenvalue weighted by Crippen LogP contribution is -2.27. The zero-order valence-electron chi connectivity index (χ0n) is 9.98. The standard InChI is InChI=1S/C13H17NO3/c1-2-7-17-11-3-4-12-10(8-11)5-6-14(12)9-13(15)16/h3-4,8H,2,5-7,9H2,1H3,(H,15,16). The summed E-state index contributed by atoms with van der Waals surface area (Å²) in [4.78, 5) is 12.6. The van der Waals surface area contributed by atoms with E-state index >= 15 is 0 Å². The molecule has 0 radical (unpaired) electrons. The highest BCUT2D eigenvalue weighted by atomic mass is 16.5. The van der Waals surface area contributed by atoms with Crippen LogP contribution in [0.15, 0.2) is 18.2 Å². The Morgan fingerprint density at radius 2 is 2.35 bits per heavy atom. The summed E-state index contributed by atoms with van der Waals surface area (Å²) in [5, 5.41) is 8.80. The van der Waals surface area contributed by atoms with E-state index in [4.69, 9.17) is 9.84 Å². The van der Waals surface area contributed by atoms with Gasteiger partial charge in [0.15, 0.2) is 0 Å². The molecule has 0 fully saturated rings. The van der Waals surface area contributed by atoms with Crippen molar-refractivity contribution >= 4 is 11.7 Å². The lowest BCUT2D eigenvalue weighted by Gasteiger charge is -2.16. The summed E-state index contributed by atoms with van der Waals surface area (Å²) in [6.07, 6.45) is 1.88. The molecule has 17 heavy (non-hydrogen) atoms. The number of carbonyl (C=O) groups is 1. The largest absolute Gasteiger partial charge is 0.494 e. The second-order valence-electron chi connectivity index (χ2n) is 4.20. The number of hydrogen-bond donors (Lipinski definition) is 1. The maximum atomic E-state index is 10.7. The molecular formula is C13H17NO3. The number of hydrogen-bond acceptors (Lipinski definition) is 3. The number of carboxylic acids is 1. The molecule has 0 atom stereocenters. The third-order valence-electron chi connectivity index (χ3n) is 2.84. The van der Waals surface area contributed by atoms with Crippen LogP contribution in [-0.4, -0.2) is 30.8 Å². The Kier molecular flexibility index (Phi) is 3.52. The Bertz CT molecular complexity index is 417. The summed E-state index contributed by atoms with van der Waals surface area (Å²) in [5.41, 5.74) is 2.20. The second-order valence-corrected chi connectivity index (χ2v) is 4.20. The average Bonchev–Trinajstić information content (AvgIpc) is 2.68. The molecule has 4 heteroatoms. The number of nitrogens with zero attached hydrogens (tertiary/aromatic N) is 1. The molecule has 0 bridgehead atoms.